The van der Waals surface area contributed by atoms with Crippen molar-refractivity contribution < 1.29 is 19.4 Å². The number of methoxy groups -OCH3 is 2. The fourth-order valence-electron chi connectivity index (χ4n) is 3.71. The maximum absolute atomic E-state index is 12.0. The largest absolute Gasteiger partial charge is 0.497 e. The van der Waals surface area contributed by atoms with E-state index in [9.17, 15) is 9.90 Å². The second-order valence-corrected chi connectivity index (χ2v) is 7.31. The number of aliphatic hydroxyl groups excluding tert-OH is 1. The zero-order valence-electron chi connectivity index (χ0n) is 18.6. The molecular formula is C23H29N5O4. The van der Waals surface area contributed by atoms with Gasteiger partial charge in [0.25, 0.3) is 0 Å². The molecule has 0 spiro atoms. The average molecular weight is 440 g/mol. The lowest BCUT2D eigenvalue weighted by Gasteiger charge is -2.18. The molecule has 3 rings (SSSR count). The summed E-state index contributed by atoms with van der Waals surface area (Å²) in [6, 6.07) is 5.25. The van der Waals surface area contributed by atoms with Crippen LogP contribution in [0.2, 0.25) is 0 Å². The molecule has 1 saturated heterocycles. The Labute approximate surface area is 187 Å². The molecule has 9 heteroatoms. The lowest BCUT2D eigenvalue weighted by atomic mass is 10.1. The lowest BCUT2D eigenvalue weighted by Crippen LogP contribution is -2.27. The quantitative estimate of drug-likeness (QED) is 0.341. The normalized spacial score (nSPS) is 16.2. The average Bonchev–Trinajstić information content (AvgIpc) is 3.42. The predicted octanol–water partition coefficient (Wildman–Crippen LogP) is 1.64. The maximum Gasteiger partial charge on any atom is 0.246 e. The van der Waals surface area contributed by atoms with Crippen LogP contribution < -0.4 is 20.5 Å². The van der Waals surface area contributed by atoms with Crippen LogP contribution in [0.1, 0.15) is 42.4 Å². The third-order valence-electron chi connectivity index (χ3n) is 5.26. The summed E-state index contributed by atoms with van der Waals surface area (Å²) in [5, 5.41) is 18.2. The molecular weight excluding hydrogens is 410 g/mol. The van der Waals surface area contributed by atoms with E-state index in [-0.39, 0.29) is 11.9 Å². The summed E-state index contributed by atoms with van der Waals surface area (Å²) >= 11 is 0. The van der Waals surface area contributed by atoms with Crippen molar-refractivity contribution >= 4 is 11.7 Å². The van der Waals surface area contributed by atoms with Crippen LogP contribution in [-0.2, 0) is 4.79 Å². The van der Waals surface area contributed by atoms with E-state index in [1.54, 1.807) is 42.0 Å². The number of carbonyl (C=O) groups is 1. The minimum absolute atomic E-state index is 0.0714. The van der Waals surface area contributed by atoms with E-state index in [2.05, 4.69) is 28.8 Å². The Morgan fingerprint density at radius 2 is 2.06 bits per heavy atom. The number of ether oxygens (including phenoxy) is 2. The third kappa shape index (κ3) is 4.88. The standard InChI is InChI=1S/C23H29N5O4/c1-5-20(29)27-10-9-16(14-27)28-23(25-6-2)21(22(24)30)19(26-28)8-7-15-11-17(31-3)13-18(12-15)32-4/h5,11-13,16,22,25,30H,1,6,9-10,14,24H2,2-4H3/t16-,22?/m0/s1. The zero-order chi connectivity index (χ0) is 23.3. The monoisotopic (exact) mass is 439 g/mol. The van der Waals surface area contributed by atoms with Crippen molar-refractivity contribution in [2.45, 2.75) is 25.6 Å². The number of aliphatic hydroxyl groups is 1. The first-order chi connectivity index (χ1) is 15.4. The fraction of sp³-hybridized carbons (Fsp3) is 0.391. The van der Waals surface area contributed by atoms with Gasteiger partial charge in [0.05, 0.1) is 25.8 Å². The van der Waals surface area contributed by atoms with Gasteiger partial charge in [0.1, 0.15) is 29.2 Å². The van der Waals surface area contributed by atoms with E-state index in [0.717, 1.165) is 6.42 Å². The van der Waals surface area contributed by atoms with Crippen LogP contribution >= 0.6 is 0 Å². The second-order valence-electron chi connectivity index (χ2n) is 7.31. The van der Waals surface area contributed by atoms with E-state index in [0.29, 0.717) is 53.8 Å². The Hall–Kier alpha value is -3.48. The summed E-state index contributed by atoms with van der Waals surface area (Å²) in [4.78, 5) is 13.7. The number of benzene rings is 1. The molecule has 1 aromatic carbocycles. The smallest absolute Gasteiger partial charge is 0.246 e. The van der Waals surface area contributed by atoms with E-state index < -0.39 is 6.23 Å². The Morgan fingerprint density at radius 3 is 2.62 bits per heavy atom. The molecule has 2 heterocycles. The number of rotatable bonds is 7. The van der Waals surface area contributed by atoms with Crippen LogP contribution in [0.4, 0.5) is 5.82 Å². The van der Waals surface area contributed by atoms with Crippen LogP contribution in [0.15, 0.2) is 30.9 Å². The number of aromatic nitrogens is 2. The Morgan fingerprint density at radius 1 is 1.38 bits per heavy atom. The molecule has 9 nitrogen and oxygen atoms in total. The van der Waals surface area contributed by atoms with Crippen LogP contribution in [0.3, 0.4) is 0 Å². The molecule has 1 amide bonds. The number of nitrogens with one attached hydrogen (secondary N) is 1. The number of nitrogens with two attached hydrogens (primary N) is 1. The number of likely N-dealkylation sites (tertiary alicyclic amines) is 1. The molecule has 0 bridgehead atoms. The highest BCUT2D eigenvalue weighted by atomic mass is 16.5. The van der Waals surface area contributed by atoms with Crippen molar-refractivity contribution in [3.05, 3.63) is 47.7 Å². The Balaban J connectivity index is 2.03. The van der Waals surface area contributed by atoms with Crippen molar-refractivity contribution in [3.8, 4) is 23.3 Å². The molecule has 1 fully saturated rings. The molecule has 170 valence electrons. The summed E-state index contributed by atoms with van der Waals surface area (Å²) in [7, 11) is 3.14. The van der Waals surface area contributed by atoms with Gasteiger partial charge in [0, 0.05) is 31.3 Å². The minimum Gasteiger partial charge on any atom is -0.497 e. The van der Waals surface area contributed by atoms with E-state index in [1.165, 1.54) is 6.08 Å². The lowest BCUT2D eigenvalue weighted by molar-refractivity contribution is -0.125. The number of carbonyl (C=O) groups excluding carboxylic acids is 1. The summed E-state index contributed by atoms with van der Waals surface area (Å²) in [5.74, 6) is 7.81. The number of hydrogen-bond donors (Lipinski definition) is 3. The minimum atomic E-state index is -1.27. The van der Waals surface area contributed by atoms with Gasteiger partial charge in [-0.2, -0.15) is 5.10 Å². The first-order valence-electron chi connectivity index (χ1n) is 10.4. The van der Waals surface area contributed by atoms with Gasteiger partial charge in [-0.25, -0.2) is 4.68 Å². The molecule has 32 heavy (non-hydrogen) atoms. The molecule has 4 N–H and O–H groups in total. The van der Waals surface area contributed by atoms with Crippen molar-refractivity contribution in [3.63, 3.8) is 0 Å². The number of amides is 1. The van der Waals surface area contributed by atoms with Gasteiger partial charge in [0.15, 0.2) is 0 Å². The molecule has 1 aromatic heterocycles. The second kappa shape index (κ2) is 10.2. The van der Waals surface area contributed by atoms with E-state index in [4.69, 9.17) is 15.2 Å². The van der Waals surface area contributed by atoms with E-state index in [1.807, 2.05) is 6.92 Å². The Bertz CT molecular complexity index is 1030. The van der Waals surface area contributed by atoms with Crippen molar-refractivity contribution in [2.75, 3.05) is 39.2 Å². The summed E-state index contributed by atoms with van der Waals surface area (Å²) in [5.41, 5.74) is 7.35. The van der Waals surface area contributed by atoms with Crippen molar-refractivity contribution in [1.82, 2.24) is 14.7 Å². The third-order valence-corrected chi connectivity index (χ3v) is 5.26. The molecule has 0 saturated carbocycles. The van der Waals surface area contributed by atoms with Gasteiger partial charge in [-0.1, -0.05) is 12.5 Å². The van der Waals surface area contributed by atoms with Crippen LogP contribution in [0, 0.1) is 11.8 Å². The number of hydrogen-bond acceptors (Lipinski definition) is 7. The highest BCUT2D eigenvalue weighted by Crippen LogP contribution is 2.31. The summed E-state index contributed by atoms with van der Waals surface area (Å²) in [6.07, 6.45) is 0.763. The molecule has 2 aromatic rings. The van der Waals surface area contributed by atoms with Gasteiger partial charge < -0.3 is 30.5 Å². The number of nitrogens with zero attached hydrogens (tertiary/aromatic N) is 3. The van der Waals surface area contributed by atoms with Crippen LogP contribution in [0.25, 0.3) is 0 Å². The number of anilines is 1. The zero-order valence-corrected chi connectivity index (χ0v) is 18.6. The molecule has 1 unspecified atom stereocenters. The SMILES string of the molecule is C=CC(=O)N1CC[C@H](n2nc(C#Cc3cc(OC)cc(OC)c3)c(C(N)O)c2NCC)C1. The van der Waals surface area contributed by atoms with E-state index >= 15 is 0 Å². The molecule has 0 radical (unpaired) electrons. The molecule has 0 aliphatic carbocycles. The highest BCUT2D eigenvalue weighted by Gasteiger charge is 2.31. The first kappa shape index (κ1) is 23.2. The highest BCUT2D eigenvalue weighted by molar-refractivity contribution is 5.87. The predicted molar refractivity (Wildman–Crippen MR) is 121 cm³/mol. The molecule has 1 aliphatic rings. The van der Waals surface area contributed by atoms with Gasteiger partial charge >= 0.3 is 0 Å². The van der Waals surface area contributed by atoms with Gasteiger partial charge in [-0.15, -0.1) is 0 Å². The Kier molecular flexibility index (Phi) is 7.41. The summed E-state index contributed by atoms with van der Waals surface area (Å²) < 4.78 is 12.4. The summed E-state index contributed by atoms with van der Waals surface area (Å²) in [6.45, 7) is 7.20. The first-order valence-corrected chi connectivity index (χ1v) is 10.4. The van der Waals surface area contributed by atoms with Gasteiger partial charge in [-0.05, 0) is 37.5 Å². The van der Waals surface area contributed by atoms with Crippen molar-refractivity contribution in [1.29, 1.82) is 0 Å². The molecule has 2 atom stereocenters. The van der Waals surface area contributed by atoms with Crippen LogP contribution in [-0.4, -0.2) is 59.5 Å². The maximum atomic E-state index is 12.0. The molecule has 1 aliphatic heterocycles. The van der Waals surface area contributed by atoms with Crippen molar-refractivity contribution in [2.24, 2.45) is 5.73 Å². The fourth-order valence-corrected chi connectivity index (χ4v) is 3.71. The van der Waals surface area contributed by atoms with Gasteiger partial charge in [-0.3, -0.25) is 4.79 Å². The van der Waals surface area contributed by atoms with Gasteiger partial charge in [0.2, 0.25) is 5.91 Å². The van der Waals surface area contributed by atoms with Crippen LogP contribution in [0.5, 0.6) is 11.5 Å². The topological polar surface area (TPSA) is 115 Å².